The van der Waals surface area contributed by atoms with Gasteiger partial charge in [-0.2, -0.15) is 0 Å². The van der Waals surface area contributed by atoms with E-state index in [9.17, 15) is 4.79 Å². The molecular weight excluding hydrogens is 280 g/mol. The third-order valence-electron chi connectivity index (χ3n) is 3.28. The summed E-state index contributed by atoms with van der Waals surface area (Å²) in [7, 11) is 1.65. The van der Waals surface area contributed by atoms with Gasteiger partial charge in [0.2, 0.25) is 5.91 Å². The van der Waals surface area contributed by atoms with Crippen molar-refractivity contribution in [3.63, 3.8) is 0 Å². The van der Waals surface area contributed by atoms with Crippen LogP contribution in [0.25, 0.3) is 0 Å². The summed E-state index contributed by atoms with van der Waals surface area (Å²) < 4.78 is 10.4. The maximum Gasteiger partial charge on any atom is 0.221 e. The molecule has 22 heavy (non-hydrogen) atoms. The van der Waals surface area contributed by atoms with Gasteiger partial charge in [0.05, 0.1) is 19.9 Å². The number of carbonyl (C=O) groups excluding carboxylic acids is 1. The zero-order chi connectivity index (χ0) is 15.6. The number of ether oxygens (including phenoxy) is 1. The molecule has 2 aromatic rings. The van der Waals surface area contributed by atoms with Gasteiger partial charge in [0.1, 0.15) is 11.5 Å². The van der Waals surface area contributed by atoms with Crippen molar-refractivity contribution in [3.8, 4) is 5.75 Å². The van der Waals surface area contributed by atoms with E-state index >= 15 is 0 Å². The Morgan fingerprint density at radius 1 is 1.23 bits per heavy atom. The predicted octanol–water partition coefficient (Wildman–Crippen LogP) is 2.13. The lowest BCUT2D eigenvalue weighted by Gasteiger charge is -2.07. The van der Waals surface area contributed by atoms with E-state index in [0.717, 1.165) is 23.5 Å². The fourth-order valence-electron chi connectivity index (χ4n) is 2.09. The minimum absolute atomic E-state index is 0.0508. The zero-order valence-electron chi connectivity index (χ0n) is 12.8. The lowest BCUT2D eigenvalue weighted by atomic mass is 10.1. The largest absolute Gasteiger partial charge is 0.497 e. The molecule has 0 saturated heterocycles. The molecule has 0 aliphatic rings. The number of methoxy groups -OCH3 is 1. The highest BCUT2D eigenvalue weighted by Gasteiger charge is 2.02. The summed E-state index contributed by atoms with van der Waals surface area (Å²) in [6.07, 6.45) is 2.89. The van der Waals surface area contributed by atoms with Crippen molar-refractivity contribution in [1.29, 1.82) is 0 Å². The van der Waals surface area contributed by atoms with E-state index in [0.29, 0.717) is 26.1 Å². The van der Waals surface area contributed by atoms with Crippen molar-refractivity contribution in [2.24, 2.45) is 0 Å². The van der Waals surface area contributed by atoms with Crippen molar-refractivity contribution < 1.29 is 13.9 Å². The van der Waals surface area contributed by atoms with E-state index in [1.54, 1.807) is 13.4 Å². The van der Waals surface area contributed by atoms with Crippen LogP contribution in [0.4, 0.5) is 0 Å². The molecule has 2 N–H and O–H groups in total. The van der Waals surface area contributed by atoms with Gasteiger partial charge in [0.25, 0.3) is 0 Å². The number of nitrogens with one attached hydrogen (secondary N) is 2. The predicted molar refractivity (Wildman–Crippen MR) is 84.7 cm³/mol. The Hall–Kier alpha value is -2.27. The summed E-state index contributed by atoms with van der Waals surface area (Å²) in [6, 6.07) is 11.6. The monoisotopic (exact) mass is 302 g/mol. The van der Waals surface area contributed by atoms with Crippen LogP contribution in [0.2, 0.25) is 0 Å². The summed E-state index contributed by atoms with van der Waals surface area (Å²) in [5.41, 5.74) is 1.15. The second-order valence-corrected chi connectivity index (χ2v) is 4.96. The summed E-state index contributed by atoms with van der Waals surface area (Å²) in [5.74, 6) is 1.76. The number of carbonyl (C=O) groups is 1. The summed E-state index contributed by atoms with van der Waals surface area (Å²) >= 11 is 0. The van der Waals surface area contributed by atoms with Gasteiger partial charge < -0.3 is 19.8 Å². The zero-order valence-corrected chi connectivity index (χ0v) is 12.8. The molecule has 5 heteroatoms. The Morgan fingerprint density at radius 2 is 2.14 bits per heavy atom. The van der Waals surface area contributed by atoms with Gasteiger partial charge in [-0.05, 0) is 36.2 Å². The average molecular weight is 302 g/mol. The van der Waals surface area contributed by atoms with Gasteiger partial charge in [0, 0.05) is 19.5 Å². The van der Waals surface area contributed by atoms with Crippen molar-refractivity contribution in [3.05, 3.63) is 54.0 Å². The fourth-order valence-corrected chi connectivity index (χ4v) is 2.09. The molecule has 0 aliphatic carbocycles. The summed E-state index contributed by atoms with van der Waals surface area (Å²) in [5, 5.41) is 6.09. The molecule has 118 valence electrons. The van der Waals surface area contributed by atoms with Gasteiger partial charge in [-0.15, -0.1) is 0 Å². The molecular formula is C17H22N2O3. The normalized spacial score (nSPS) is 10.4. The molecule has 1 amide bonds. The van der Waals surface area contributed by atoms with Gasteiger partial charge in [0.15, 0.2) is 0 Å². The number of hydrogen-bond acceptors (Lipinski definition) is 4. The minimum atomic E-state index is 0.0508. The molecule has 0 fully saturated rings. The topological polar surface area (TPSA) is 63.5 Å². The van der Waals surface area contributed by atoms with Gasteiger partial charge >= 0.3 is 0 Å². The second-order valence-electron chi connectivity index (χ2n) is 4.96. The minimum Gasteiger partial charge on any atom is -0.497 e. The SMILES string of the molecule is COc1cccc(CCNC(=O)CCNCc2ccco2)c1. The number of benzene rings is 1. The van der Waals surface area contributed by atoms with Crippen LogP contribution in [0, 0.1) is 0 Å². The first-order valence-electron chi connectivity index (χ1n) is 7.40. The second kappa shape index (κ2) is 8.89. The Morgan fingerprint density at radius 3 is 2.91 bits per heavy atom. The maximum absolute atomic E-state index is 11.7. The first kappa shape index (κ1) is 16.1. The van der Waals surface area contributed by atoms with Crippen LogP contribution in [0.5, 0.6) is 5.75 Å². The van der Waals surface area contributed by atoms with Crippen molar-refractivity contribution in [2.45, 2.75) is 19.4 Å². The molecule has 1 aromatic heterocycles. The summed E-state index contributed by atoms with van der Waals surface area (Å²) in [4.78, 5) is 11.7. The molecule has 0 radical (unpaired) electrons. The number of rotatable bonds is 9. The standard InChI is InChI=1S/C17H22N2O3/c1-21-15-5-2-4-14(12-15)7-10-19-17(20)8-9-18-13-16-6-3-11-22-16/h2-6,11-12,18H,7-10,13H2,1H3,(H,19,20). The Kier molecular flexibility index (Phi) is 6.51. The van der Waals surface area contributed by atoms with Crippen LogP contribution in [0.1, 0.15) is 17.7 Å². The molecule has 0 saturated carbocycles. The summed E-state index contributed by atoms with van der Waals surface area (Å²) in [6.45, 7) is 1.90. The number of furan rings is 1. The number of amides is 1. The van der Waals surface area contributed by atoms with Crippen LogP contribution in [-0.2, 0) is 17.8 Å². The quantitative estimate of drug-likeness (QED) is 0.697. The Labute approximate surface area is 130 Å². The Balaban J connectivity index is 1.57. The van der Waals surface area contributed by atoms with E-state index in [2.05, 4.69) is 10.6 Å². The van der Waals surface area contributed by atoms with Gasteiger partial charge in [-0.25, -0.2) is 0 Å². The average Bonchev–Trinajstić information content (AvgIpc) is 3.05. The van der Waals surface area contributed by atoms with Crippen LogP contribution < -0.4 is 15.4 Å². The molecule has 1 heterocycles. The van der Waals surface area contributed by atoms with E-state index in [4.69, 9.17) is 9.15 Å². The third kappa shape index (κ3) is 5.61. The third-order valence-corrected chi connectivity index (χ3v) is 3.28. The first-order valence-corrected chi connectivity index (χ1v) is 7.40. The lowest BCUT2D eigenvalue weighted by molar-refractivity contribution is -0.120. The first-order chi connectivity index (χ1) is 10.8. The van der Waals surface area contributed by atoms with Crippen molar-refractivity contribution in [2.75, 3.05) is 20.2 Å². The van der Waals surface area contributed by atoms with E-state index in [1.165, 1.54) is 0 Å². The maximum atomic E-state index is 11.7. The van der Waals surface area contributed by atoms with E-state index in [1.807, 2.05) is 36.4 Å². The van der Waals surface area contributed by atoms with Crippen LogP contribution >= 0.6 is 0 Å². The van der Waals surface area contributed by atoms with E-state index < -0.39 is 0 Å². The molecule has 0 bridgehead atoms. The number of hydrogen-bond donors (Lipinski definition) is 2. The van der Waals surface area contributed by atoms with Crippen molar-refractivity contribution in [1.82, 2.24) is 10.6 Å². The molecule has 1 aromatic carbocycles. The fraction of sp³-hybridized carbons (Fsp3) is 0.353. The molecule has 0 spiro atoms. The Bertz CT molecular complexity index is 567. The molecule has 0 atom stereocenters. The van der Waals surface area contributed by atoms with Crippen LogP contribution in [0.15, 0.2) is 47.1 Å². The highest BCUT2D eigenvalue weighted by Crippen LogP contribution is 2.12. The highest BCUT2D eigenvalue weighted by molar-refractivity contribution is 5.76. The molecule has 0 unspecified atom stereocenters. The lowest BCUT2D eigenvalue weighted by Crippen LogP contribution is -2.29. The van der Waals surface area contributed by atoms with Gasteiger partial charge in [-0.1, -0.05) is 12.1 Å². The molecule has 5 nitrogen and oxygen atoms in total. The van der Waals surface area contributed by atoms with Gasteiger partial charge in [-0.3, -0.25) is 4.79 Å². The molecule has 2 rings (SSSR count). The van der Waals surface area contributed by atoms with Crippen molar-refractivity contribution >= 4 is 5.91 Å². The van der Waals surface area contributed by atoms with Crippen LogP contribution in [-0.4, -0.2) is 26.1 Å². The molecule has 0 aliphatic heterocycles. The highest BCUT2D eigenvalue weighted by atomic mass is 16.5. The van der Waals surface area contributed by atoms with E-state index in [-0.39, 0.29) is 5.91 Å². The van der Waals surface area contributed by atoms with Crippen LogP contribution in [0.3, 0.4) is 0 Å². The smallest absolute Gasteiger partial charge is 0.221 e.